The van der Waals surface area contributed by atoms with Gasteiger partial charge >= 0.3 is 12.1 Å². The Bertz CT molecular complexity index is 980. The topological polar surface area (TPSA) is 90.0 Å². The molecule has 0 spiro atoms. The molecule has 0 unspecified atom stereocenters. The Labute approximate surface area is 144 Å². The second-order valence-corrected chi connectivity index (χ2v) is 5.17. The fraction of sp³-hybridized carbons (Fsp3) is 0.125. The normalized spacial score (nSPS) is 11.3. The van der Waals surface area contributed by atoms with Gasteiger partial charge in [-0.3, -0.25) is 14.2 Å². The summed E-state index contributed by atoms with van der Waals surface area (Å²) < 4.78 is 42.7. The summed E-state index contributed by atoms with van der Waals surface area (Å²) in [5.74, 6) is -2.21. The average molecular weight is 364 g/mol. The Kier molecular flexibility index (Phi) is 4.57. The average Bonchev–Trinajstić information content (AvgIpc) is 3.11. The van der Waals surface area contributed by atoms with Crippen LogP contribution in [-0.4, -0.2) is 20.6 Å². The molecule has 1 amide bonds. The second-order valence-electron chi connectivity index (χ2n) is 5.17. The molecular formula is C16H11F3N4O3. The number of carbonyl (C=O) groups is 1. The fourth-order valence-corrected chi connectivity index (χ4v) is 2.08. The molecule has 10 heteroatoms. The van der Waals surface area contributed by atoms with Gasteiger partial charge in [-0.15, -0.1) is 0 Å². The van der Waals surface area contributed by atoms with Gasteiger partial charge in [0, 0.05) is 23.4 Å². The Balaban J connectivity index is 1.73. The van der Waals surface area contributed by atoms with E-state index in [1.165, 1.54) is 16.8 Å². The van der Waals surface area contributed by atoms with Crippen LogP contribution in [-0.2, 0) is 12.8 Å². The number of benzene rings is 1. The van der Waals surface area contributed by atoms with Crippen molar-refractivity contribution in [3.8, 4) is 11.4 Å². The Morgan fingerprint density at radius 2 is 1.92 bits per heavy atom. The smallest absolute Gasteiger partial charge is 0.334 e. The lowest BCUT2D eigenvalue weighted by molar-refractivity contribution is -0.159. The molecule has 1 N–H and O–H groups in total. The minimum atomic E-state index is -4.76. The molecule has 26 heavy (non-hydrogen) atoms. The van der Waals surface area contributed by atoms with Crippen LogP contribution < -0.4 is 10.9 Å². The van der Waals surface area contributed by atoms with Crippen LogP contribution in [0, 0.1) is 0 Å². The Morgan fingerprint density at radius 1 is 1.19 bits per heavy atom. The van der Waals surface area contributed by atoms with E-state index in [0.29, 0.717) is 5.56 Å². The van der Waals surface area contributed by atoms with Crippen LogP contribution in [0.5, 0.6) is 0 Å². The molecule has 3 rings (SSSR count). The number of nitrogens with one attached hydrogen (secondary N) is 1. The van der Waals surface area contributed by atoms with Gasteiger partial charge in [0.25, 0.3) is 11.5 Å². The summed E-state index contributed by atoms with van der Waals surface area (Å²) in [6, 6.07) is 10.8. The van der Waals surface area contributed by atoms with Crippen LogP contribution in [0.4, 0.5) is 13.2 Å². The van der Waals surface area contributed by atoms with Crippen LogP contribution in [0.15, 0.2) is 58.0 Å². The highest BCUT2D eigenvalue weighted by molar-refractivity contribution is 5.93. The first-order chi connectivity index (χ1) is 12.3. The van der Waals surface area contributed by atoms with Crippen LogP contribution in [0.1, 0.15) is 16.2 Å². The Hall–Kier alpha value is -3.43. The summed E-state index contributed by atoms with van der Waals surface area (Å²) in [6.07, 6.45) is -3.45. The third kappa shape index (κ3) is 3.79. The van der Waals surface area contributed by atoms with E-state index in [1.807, 2.05) is 0 Å². The van der Waals surface area contributed by atoms with Crippen molar-refractivity contribution in [2.45, 2.75) is 12.8 Å². The maximum atomic E-state index is 12.5. The first-order valence-corrected chi connectivity index (χ1v) is 7.29. The predicted molar refractivity (Wildman–Crippen MR) is 82.9 cm³/mol. The van der Waals surface area contributed by atoms with Crippen molar-refractivity contribution in [1.29, 1.82) is 0 Å². The van der Waals surface area contributed by atoms with Crippen LogP contribution >= 0.6 is 0 Å². The molecule has 1 aromatic carbocycles. The van der Waals surface area contributed by atoms with Crippen LogP contribution in [0.25, 0.3) is 11.4 Å². The number of nitrogens with zero attached hydrogens (tertiary/aromatic N) is 3. The fourth-order valence-electron chi connectivity index (χ4n) is 2.08. The lowest BCUT2D eigenvalue weighted by Crippen LogP contribution is -2.31. The van der Waals surface area contributed by atoms with Crippen molar-refractivity contribution >= 4 is 5.91 Å². The van der Waals surface area contributed by atoms with E-state index in [9.17, 15) is 22.8 Å². The summed E-state index contributed by atoms with van der Waals surface area (Å²) in [5.41, 5.74) is -0.0437. The number of rotatable bonds is 4. The zero-order chi connectivity index (χ0) is 18.7. The number of alkyl halides is 3. The van der Waals surface area contributed by atoms with E-state index in [1.54, 1.807) is 30.3 Å². The van der Waals surface area contributed by atoms with Gasteiger partial charge in [-0.2, -0.15) is 18.2 Å². The van der Waals surface area contributed by atoms with Crippen LogP contribution in [0.2, 0.25) is 0 Å². The molecule has 0 atom stereocenters. The quantitative estimate of drug-likeness (QED) is 0.767. The van der Waals surface area contributed by atoms with Crippen molar-refractivity contribution in [3.63, 3.8) is 0 Å². The molecular weight excluding hydrogens is 353 g/mol. The summed E-state index contributed by atoms with van der Waals surface area (Å²) in [5, 5.41) is 5.78. The minimum Gasteiger partial charge on any atom is -0.334 e. The van der Waals surface area contributed by atoms with Gasteiger partial charge in [0.2, 0.25) is 5.82 Å². The summed E-state index contributed by atoms with van der Waals surface area (Å²) in [6.45, 7) is -0.104. The summed E-state index contributed by atoms with van der Waals surface area (Å²) >= 11 is 0. The number of halogens is 3. The van der Waals surface area contributed by atoms with E-state index >= 15 is 0 Å². The molecule has 0 saturated carbocycles. The maximum Gasteiger partial charge on any atom is 0.471 e. The Morgan fingerprint density at radius 3 is 2.54 bits per heavy atom. The van der Waals surface area contributed by atoms with Crippen LogP contribution in [0.3, 0.4) is 0 Å². The molecule has 0 aliphatic rings. The molecule has 0 aliphatic carbocycles. The number of amides is 1. The SMILES string of the molecule is O=C(NCn1ccc(-c2noc(C(F)(F)F)n2)cc1=O)c1ccccc1. The third-order valence-corrected chi connectivity index (χ3v) is 3.37. The lowest BCUT2D eigenvalue weighted by atomic mass is 10.2. The first kappa shape index (κ1) is 17.4. The largest absolute Gasteiger partial charge is 0.471 e. The molecule has 0 aliphatic heterocycles. The molecule has 0 saturated heterocycles. The van der Waals surface area contributed by atoms with Gasteiger partial charge in [0.1, 0.15) is 0 Å². The van der Waals surface area contributed by atoms with Crippen molar-refractivity contribution < 1.29 is 22.5 Å². The zero-order valence-electron chi connectivity index (χ0n) is 13.0. The highest BCUT2D eigenvalue weighted by Crippen LogP contribution is 2.28. The predicted octanol–water partition coefficient (Wildman–Crippen LogP) is 2.30. The van der Waals surface area contributed by atoms with E-state index in [-0.39, 0.29) is 24.0 Å². The van der Waals surface area contributed by atoms with E-state index in [4.69, 9.17) is 0 Å². The second kappa shape index (κ2) is 6.82. The van der Waals surface area contributed by atoms with Crippen molar-refractivity contribution in [1.82, 2.24) is 20.0 Å². The van der Waals surface area contributed by atoms with Gasteiger partial charge in [0.15, 0.2) is 0 Å². The van der Waals surface area contributed by atoms with Gasteiger partial charge in [-0.25, -0.2) is 0 Å². The van der Waals surface area contributed by atoms with Gasteiger partial charge in [0.05, 0.1) is 6.67 Å². The minimum absolute atomic E-state index is 0.0693. The monoisotopic (exact) mass is 364 g/mol. The molecule has 2 aromatic heterocycles. The summed E-state index contributed by atoms with van der Waals surface area (Å²) in [7, 11) is 0. The molecule has 2 heterocycles. The molecule has 0 bridgehead atoms. The zero-order valence-corrected chi connectivity index (χ0v) is 13.0. The maximum absolute atomic E-state index is 12.5. The molecule has 134 valence electrons. The third-order valence-electron chi connectivity index (χ3n) is 3.37. The lowest BCUT2D eigenvalue weighted by Gasteiger charge is -2.08. The van der Waals surface area contributed by atoms with E-state index in [0.717, 1.165) is 6.07 Å². The summed E-state index contributed by atoms with van der Waals surface area (Å²) in [4.78, 5) is 27.2. The molecule has 0 fully saturated rings. The molecule has 0 radical (unpaired) electrons. The number of carbonyl (C=O) groups excluding carboxylic acids is 1. The van der Waals surface area contributed by atoms with E-state index < -0.39 is 17.6 Å². The standard InChI is InChI=1S/C16H11F3N4O3/c17-16(18,19)15-21-13(22-26-15)11-6-7-23(12(24)8-11)9-20-14(25)10-4-2-1-3-5-10/h1-8H,9H2,(H,20,25). The molecule has 7 nitrogen and oxygen atoms in total. The number of pyridine rings is 1. The van der Waals surface area contributed by atoms with Gasteiger partial charge in [-0.05, 0) is 18.2 Å². The van der Waals surface area contributed by atoms with Crippen molar-refractivity contribution in [3.05, 3.63) is 70.5 Å². The number of aromatic nitrogens is 3. The number of hydrogen-bond acceptors (Lipinski definition) is 5. The molecule has 3 aromatic rings. The van der Waals surface area contributed by atoms with Crippen molar-refractivity contribution in [2.24, 2.45) is 0 Å². The highest BCUT2D eigenvalue weighted by Gasteiger charge is 2.38. The van der Waals surface area contributed by atoms with Crippen molar-refractivity contribution in [2.75, 3.05) is 0 Å². The first-order valence-electron chi connectivity index (χ1n) is 7.29. The number of hydrogen-bond donors (Lipinski definition) is 1. The highest BCUT2D eigenvalue weighted by atomic mass is 19.4. The van der Waals surface area contributed by atoms with Gasteiger partial charge < -0.3 is 9.84 Å². The van der Waals surface area contributed by atoms with E-state index in [2.05, 4.69) is 20.0 Å². The van der Waals surface area contributed by atoms with Gasteiger partial charge in [-0.1, -0.05) is 23.4 Å².